The van der Waals surface area contributed by atoms with Crippen molar-refractivity contribution < 1.29 is 14.6 Å². The summed E-state index contributed by atoms with van der Waals surface area (Å²) in [5, 5.41) is 15.2. The van der Waals surface area contributed by atoms with E-state index in [1.54, 1.807) is 0 Å². The molecule has 1 saturated heterocycles. The predicted molar refractivity (Wildman–Crippen MR) is 103 cm³/mol. The molecule has 1 fully saturated rings. The Morgan fingerprint density at radius 2 is 1.88 bits per heavy atom. The van der Waals surface area contributed by atoms with Crippen LogP contribution in [0.3, 0.4) is 0 Å². The second kappa shape index (κ2) is 6.59. The summed E-state index contributed by atoms with van der Waals surface area (Å²) in [4.78, 5) is 14.4. The molecule has 0 bridgehead atoms. The van der Waals surface area contributed by atoms with Gasteiger partial charge in [-0.25, -0.2) is 4.79 Å². The SMILES string of the molecule is CN1CCC(O)(c2cc(NC(=O)OC(C)(C)C)cc3c2ccn3C)CC1. The minimum absolute atomic E-state index is 0.493. The third-order valence-electron chi connectivity index (χ3n) is 4.96. The first-order valence-electron chi connectivity index (χ1n) is 9.08. The lowest BCUT2D eigenvalue weighted by Gasteiger charge is -2.37. The second-order valence-corrected chi connectivity index (χ2v) is 8.35. The van der Waals surface area contributed by atoms with Crippen molar-refractivity contribution in [3.05, 3.63) is 30.0 Å². The Balaban J connectivity index is 1.99. The van der Waals surface area contributed by atoms with Gasteiger partial charge in [-0.3, -0.25) is 5.32 Å². The number of hydrogen-bond donors (Lipinski definition) is 2. The molecule has 3 rings (SSSR count). The fourth-order valence-corrected chi connectivity index (χ4v) is 3.51. The van der Waals surface area contributed by atoms with Crippen molar-refractivity contribution >= 4 is 22.7 Å². The number of anilines is 1. The molecule has 0 spiro atoms. The van der Waals surface area contributed by atoms with Crippen molar-refractivity contribution in [3.63, 3.8) is 0 Å². The van der Waals surface area contributed by atoms with E-state index >= 15 is 0 Å². The van der Waals surface area contributed by atoms with E-state index in [0.29, 0.717) is 18.5 Å². The quantitative estimate of drug-likeness (QED) is 0.862. The minimum Gasteiger partial charge on any atom is -0.444 e. The van der Waals surface area contributed by atoms with Gasteiger partial charge in [0.15, 0.2) is 0 Å². The summed E-state index contributed by atoms with van der Waals surface area (Å²) < 4.78 is 7.36. The van der Waals surface area contributed by atoms with Crippen molar-refractivity contribution in [3.8, 4) is 0 Å². The molecule has 0 atom stereocenters. The zero-order chi connectivity index (χ0) is 19.1. The summed E-state index contributed by atoms with van der Waals surface area (Å²) in [7, 11) is 4.03. The van der Waals surface area contributed by atoms with E-state index in [0.717, 1.165) is 29.6 Å². The van der Waals surface area contributed by atoms with E-state index in [2.05, 4.69) is 17.3 Å². The van der Waals surface area contributed by atoms with Gasteiger partial charge < -0.3 is 19.3 Å². The Hall–Kier alpha value is -2.05. The maximum Gasteiger partial charge on any atom is 0.412 e. The summed E-state index contributed by atoms with van der Waals surface area (Å²) in [6.45, 7) is 7.18. The third kappa shape index (κ3) is 3.86. The van der Waals surface area contributed by atoms with E-state index < -0.39 is 17.3 Å². The van der Waals surface area contributed by atoms with Crippen LogP contribution in [0.5, 0.6) is 0 Å². The fraction of sp³-hybridized carbons (Fsp3) is 0.550. The molecule has 1 amide bonds. The smallest absolute Gasteiger partial charge is 0.412 e. The molecule has 6 nitrogen and oxygen atoms in total. The average molecular weight is 359 g/mol. The third-order valence-corrected chi connectivity index (χ3v) is 4.96. The van der Waals surface area contributed by atoms with Gasteiger partial charge in [0.1, 0.15) is 5.60 Å². The number of nitrogens with one attached hydrogen (secondary N) is 1. The maximum absolute atomic E-state index is 12.2. The molecule has 0 radical (unpaired) electrons. The Morgan fingerprint density at radius 1 is 1.23 bits per heavy atom. The molecule has 6 heteroatoms. The maximum atomic E-state index is 12.2. The Labute approximate surface area is 154 Å². The highest BCUT2D eigenvalue weighted by Gasteiger charge is 2.35. The Bertz CT molecular complexity index is 812. The molecular formula is C20H29N3O3. The summed E-state index contributed by atoms with van der Waals surface area (Å²) >= 11 is 0. The molecule has 1 aliphatic rings. The van der Waals surface area contributed by atoms with Crippen LogP contribution in [0.25, 0.3) is 10.9 Å². The first kappa shape index (κ1) is 18.7. The number of carbonyl (C=O) groups is 1. The number of carbonyl (C=O) groups excluding carboxylic acids is 1. The molecule has 1 aliphatic heterocycles. The molecule has 1 aromatic carbocycles. The highest BCUT2D eigenvalue weighted by atomic mass is 16.6. The van der Waals surface area contributed by atoms with Crippen LogP contribution >= 0.6 is 0 Å². The zero-order valence-corrected chi connectivity index (χ0v) is 16.3. The van der Waals surface area contributed by atoms with Gasteiger partial charge in [0, 0.05) is 37.4 Å². The van der Waals surface area contributed by atoms with Crippen LogP contribution in [-0.2, 0) is 17.4 Å². The van der Waals surface area contributed by atoms with Crippen LogP contribution in [0.1, 0.15) is 39.2 Å². The van der Waals surface area contributed by atoms with Crippen LogP contribution in [0.2, 0.25) is 0 Å². The van der Waals surface area contributed by atoms with Gasteiger partial charge in [-0.2, -0.15) is 0 Å². The summed E-state index contributed by atoms with van der Waals surface area (Å²) in [5.41, 5.74) is 1.03. The van der Waals surface area contributed by atoms with Crippen molar-refractivity contribution in [2.24, 2.45) is 7.05 Å². The standard InChI is InChI=1S/C20H29N3O3/c1-19(2,3)26-18(24)21-14-12-16(15-6-9-23(5)17(15)13-14)20(25)7-10-22(4)11-8-20/h6,9,12-13,25H,7-8,10-11H2,1-5H3,(H,21,24). The van der Waals surface area contributed by atoms with E-state index in [1.807, 2.05) is 56.8 Å². The number of rotatable bonds is 2. The van der Waals surface area contributed by atoms with Crippen molar-refractivity contribution in [1.82, 2.24) is 9.47 Å². The monoisotopic (exact) mass is 359 g/mol. The van der Waals surface area contributed by atoms with Gasteiger partial charge in [0.25, 0.3) is 0 Å². The molecule has 0 unspecified atom stereocenters. The summed E-state index contributed by atoms with van der Waals surface area (Å²) in [6.07, 6.45) is 2.82. The van der Waals surface area contributed by atoms with Crippen LogP contribution in [0.4, 0.5) is 10.5 Å². The zero-order valence-electron chi connectivity index (χ0n) is 16.3. The van der Waals surface area contributed by atoms with Gasteiger partial charge >= 0.3 is 6.09 Å². The Morgan fingerprint density at radius 3 is 2.50 bits per heavy atom. The van der Waals surface area contributed by atoms with E-state index in [-0.39, 0.29) is 0 Å². The second-order valence-electron chi connectivity index (χ2n) is 8.35. The molecule has 1 aromatic heterocycles. The molecular weight excluding hydrogens is 330 g/mol. The molecule has 0 saturated carbocycles. The molecule has 26 heavy (non-hydrogen) atoms. The number of likely N-dealkylation sites (tertiary alicyclic amines) is 1. The van der Waals surface area contributed by atoms with Gasteiger partial charge in [-0.1, -0.05) is 0 Å². The molecule has 142 valence electrons. The highest BCUT2D eigenvalue weighted by Crippen LogP contribution is 2.38. The normalized spacial score (nSPS) is 18.1. The van der Waals surface area contributed by atoms with Crippen molar-refractivity contribution in [2.45, 2.75) is 44.8 Å². The number of aromatic nitrogens is 1. The number of aliphatic hydroxyl groups is 1. The average Bonchev–Trinajstić information content (AvgIpc) is 2.89. The van der Waals surface area contributed by atoms with Crippen LogP contribution in [-0.4, -0.2) is 46.4 Å². The molecule has 2 N–H and O–H groups in total. The number of nitrogens with zero attached hydrogens (tertiary/aromatic N) is 2. The van der Waals surface area contributed by atoms with Gasteiger partial charge in [-0.15, -0.1) is 0 Å². The lowest BCUT2D eigenvalue weighted by Crippen LogP contribution is -2.40. The number of piperidine rings is 1. The highest BCUT2D eigenvalue weighted by molar-refractivity contribution is 5.92. The van der Waals surface area contributed by atoms with Crippen LogP contribution in [0, 0.1) is 0 Å². The number of amides is 1. The summed E-state index contributed by atoms with van der Waals surface area (Å²) in [6, 6.07) is 5.83. The van der Waals surface area contributed by atoms with Gasteiger partial charge in [0.05, 0.1) is 11.1 Å². The van der Waals surface area contributed by atoms with E-state index in [1.165, 1.54) is 0 Å². The first-order valence-corrected chi connectivity index (χ1v) is 9.08. The predicted octanol–water partition coefficient (Wildman–Crippen LogP) is 3.44. The largest absolute Gasteiger partial charge is 0.444 e. The van der Waals surface area contributed by atoms with Crippen LogP contribution in [0.15, 0.2) is 24.4 Å². The van der Waals surface area contributed by atoms with Crippen molar-refractivity contribution in [2.75, 3.05) is 25.5 Å². The van der Waals surface area contributed by atoms with E-state index in [9.17, 15) is 9.90 Å². The lowest BCUT2D eigenvalue weighted by atomic mass is 9.82. The fourth-order valence-electron chi connectivity index (χ4n) is 3.51. The molecule has 2 aromatic rings. The number of hydrogen-bond acceptors (Lipinski definition) is 4. The summed E-state index contributed by atoms with van der Waals surface area (Å²) in [5.74, 6) is 0. The molecule has 0 aliphatic carbocycles. The van der Waals surface area contributed by atoms with Gasteiger partial charge in [-0.05, 0) is 64.4 Å². The first-order chi connectivity index (χ1) is 12.1. The topological polar surface area (TPSA) is 66.7 Å². The number of ether oxygens (including phenoxy) is 1. The van der Waals surface area contributed by atoms with Crippen molar-refractivity contribution in [1.29, 1.82) is 0 Å². The number of benzene rings is 1. The lowest BCUT2D eigenvalue weighted by molar-refractivity contribution is -0.0190. The number of fused-ring (bicyclic) bond motifs is 1. The van der Waals surface area contributed by atoms with E-state index in [4.69, 9.17) is 4.74 Å². The number of aryl methyl sites for hydroxylation is 1. The Kier molecular flexibility index (Phi) is 4.75. The minimum atomic E-state index is -0.891. The molecule has 2 heterocycles. The van der Waals surface area contributed by atoms with Crippen LogP contribution < -0.4 is 5.32 Å². The van der Waals surface area contributed by atoms with Gasteiger partial charge in [0.2, 0.25) is 0 Å².